The second-order valence-corrected chi connectivity index (χ2v) is 15.7. The summed E-state index contributed by atoms with van der Waals surface area (Å²) >= 11 is 1.19. The number of benzene rings is 2. The number of rotatable bonds is 13. The van der Waals surface area contributed by atoms with Gasteiger partial charge >= 0.3 is 0 Å². The number of thioether (sulfide) groups is 1. The molecule has 3 aromatic rings. The summed E-state index contributed by atoms with van der Waals surface area (Å²) in [4.78, 5) is 51.7. The van der Waals surface area contributed by atoms with Crippen LogP contribution in [0, 0.1) is 0 Å². The molecule has 306 valence electrons. The van der Waals surface area contributed by atoms with Crippen LogP contribution in [-0.4, -0.2) is 167 Å². The molecule has 3 saturated heterocycles. The molecule has 1 aliphatic carbocycles. The van der Waals surface area contributed by atoms with Gasteiger partial charge in [0.2, 0.25) is 5.88 Å². The van der Waals surface area contributed by atoms with E-state index in [2.05, 4.69) is 20.1 Å². The van der Waals surface area contributed by atoms with Crippen molar-refractivity contribution in [3.8, 4) is 17.0 Å². The van der Waals surface area contributed by atoms with Crippen LogP contribution < -0.4 is 22.0 Å². The molecule has 20 heteroatoms. The average molecular weight is 811 g/mol. The number of ether oxygens (including phenoxy) is 3. The lowest BCUT2D eigenvalue weighted by molar-refractivity contribution is -0.205. The fourth-order valence-electron chi connectivity index (χ4n) is 7.88. The minimum absolute atomic E-state index is 0.0164. The zero-order chi connectivity index (χ0) is 39.8. The number of pyridine rings is 2. The molecular formula is C37H46N8O11S. The van der Waals surface area contributed by atoms with Gasteiger partial charge < -0.3 is 39.7 Å². The molecule has 2 aromatic heterocycles. The van der Waals surface area contributed by atoms with Gasteiger partial charge in [0.25, 0.3) is 16.7 Å². The topological polar surface area (TPSA) is 239 Å². The van der Waals surface area contributed by atoms with E-state index in [1.807, 2.05) is 0 Å². The Labute approximate surface area is 329 Å². The number of aliphatic hydroxyl groups is 4. The normalized spacial score (nSPS) is 24.4. The third-order valence-electron chi connectivity index (χ3n) is 11.1. The number of morpholine rings is 2. The van der Waals surface area contributed by atoms with Crippen LogP contribution in [0.4, 0.5) is 0 Å². The molecule has 1 aromatic carbocycles. The highest BCUT2D eigenvalue weighted by atomic mass is 32.2. The number of aliphatic hydroxyl groups excluding tert-OH is 4. The Morgan fingerprint density at radius 1 is 0.789 bits per heavy atom. The summed E-state index contributed by atoms with van der Waals surface area (Å²) in [6, 6.07) is 4.79. The van der Waals surface area contributed by atoms with Gasteiger partial charge in [-0.15, -0.1) is 16.9 Å². The largest absolute Gasteiger partial charge is 0.494 e. The van der Waals surface area contributed by atoms with E-state index in [1.54, 1.807) is 29.1 Å². The van der Waals surface area contributed by atoms with E-state index >= 15 is 0 Å². The molecule has 5 N–H and O–H groups in total. The first-order valence-corrected chi connectivity index (χ1v) is 20.2. The summed E-state index contributed by atoms with van der Waals surface area (Å²) in [5.74, 6) is 0.124. The average Bonchev–Trinajstić information content (AvgIpc) is 3.69. The highest BCUT2D eigenvalue weighted by Crippen LogP contribution is 2.37. The van der Waals surface area contributed by atoms with Crippen molar-refractivity contribution in [3.63, 3.8) is 0 Å². The molecule has 6 heterocycles. The predicted molar refractivity (Wildman–Crippen MR) is 207 cm³/mol. The SMILES string of the molecule is O=c1c2c(=NCc3cn(CCS[C@H]4O[C@H](CO)[C@@H](O)[C@H](O)[C@@H]4O)nn3)cc3c(=O)n(CCN4CCOCC4)c(=O)c4ccc(c(O)n1CCN1CCOCC1)c2c4-3. The monoisotopic (exact) mass is 810 g/mol. The maximum Gasteiger partial charge on any atom is 0.263 e. The zero-order valence-electron chi connectivity index (χ0n) is 31.2. The first kappa shape index (κ1) is 39.7. The number of hydrogen-bond acceptors (Lipinski definition) is 17. The Kier molecular flexibility index (Phi) is 11.9. The number of aromatic nitrogens is 5. The zero-order valence-corrected chi connectivity index (χ0v) is 32.0. The maximum absolute atomic E-state index is 14.4. The van der Waals surface area contributed by atoms with Crippen LogP contribution in [-0.2, 0) is 40.4 Å². The minimum atomic E-state index is -1.47. The van der Waals surface area contributed by atoms with Gasteiger partial charge in [0.15, 0.2) is 0 Å². The standard InChI is InChI=1S/C37H46N8O11S/c46-20-26-30(47)31(48)32(49)37(56-26)57-16-11-43-19-21(39-40-43)18-38-25-17-24-27-22(33(50)44(35(24)52)5-3-41-7-12-54-13-8-41)1-2-23-28(27)29(25)36(53)45(34(23)51)6-4-42-9-14-55-15-10-42/h1-2,17,19,26,30-32,37,46-49,51H,3-16,18,20H2/t26-,30-,31+,32+,37-/m1/s1. The molecule has 5 aliphatic rings. The highest BCUT2D eigenvalue weighted by molar-refractivity contribution is 7.99. The van der Waals surface area contributed by atoms with Crippen LogP contribution >= 0.6 is 11.8 Å². The van der Waals surface area contributed by atoms with Gasteiger partial charge in [0.05, 0.1) is 68.6 Å². The van der Waals surface area contributed by atoms with Gasteiger partial charge in [-0.05, 0) is 18.2 Å². The second kappa shape index (κ2) is 17.0. The van der Waals surface area contributed by atoms with Crippen LogP contribution in [0.3, 0.4) is 0 Å². The van der Waals surface area contributed by atoms with Crippen LogP contribution in [0.2, 0.25) is 0 Å². The van der Waals surface area contributed by atoms with E-state index in [9.17, 15) is 39.9 Å². The van der Waals surface area contributed by atoms with E-state index in [1.165, 1.54) is 20.9 Å². The summed E-state index contributed by atoms with van der Waals surface area (Å²) in [5, 5.41) is 61.4. The third-order valence-corrected chi connectivity index (χ3v) is 12.2. The fourth-order valence-corrected chi connectivity index (χ4v) is 8.99. The van der Waals surface area contributed by atoms with Crippen molar-refractivity contribution in [2.24, 2.45) is 4.99 Å². The molecule has 8 rings (SSSR count). The van der Waals surface area contributed by atoms with E-state index in [-0.39, 0.29) is 47.2 Å². The lowest BCUT2D eigenvalue weighted by atomic mass is 9.90. The molecule has 0 bridgehead atoms. The van der Waals surface area contributed by atoms with Gasteiger partial charge in [-0.1, -0.05) is 5.21 Å². The van der Waals surface area contributed by atoms with Crippen LogP contribution in [0.5, 0.6) is 5.88 Å². The molecular weight excluding hydrogens is 765 g/mol. The van der Waals surface area contributed by atoms with Crippen molar-refractivity contribution < 1.29 is 39.7 Å². The van der Waals surface area contributed by atoms with Crippen LogP contribution in [0.15, 0.2) is 43.8 Å². The Morgan fingerprint density at radius 3 is 2.14 bits per heavy atom. The van der Waals surface area contributed by atoms with Crippen molar-refractivity contribution >= 4 is 33.3 Å². The smallest absolute Gasteiger partial charge is 0.263 e. The minimum Gasteiger partial charge on any atom is -0.494 e. The van der Waals surface area contributed by atoms with E-state index in [0.717, 1.165) is 0 Å². The second-order valence-electron chi connectivity index (χ2n) is 14.5. The molecule has 0 saturated carbocycles. The van der Waals surface area contributed by atoms with E-state index in [0.29, 0.717) is 100 Å². The molecule has 0 amide bonds. The molecule has 19 nitrogen and oxygen atoms in total. The fraction of sp³-hybridized carbons (Fsp3) is 0.568. The molecule has 0 spiro atoms. The Morgan fingerprint density at radius 2 is 1.46 bits per heavy atom. The first-order chi connectivity index (χ1) is 27.6. The van der Waals surface area contributed by atoms with Gasteiger partial charge in [0, 0.05) is 79.8 Å². The lowest BCUT2D eigenvalue weighted by Gasteiger charge is -2.39. The third kappa shape index (κ3) is 7.78. The molecule has 0 unspecified atom stereocenters. The molecule has 3 fully saturated rings. The van der Waals surface area contributed by atoms with Crippen molar-refractivity contribution in [3.05, 3.63) is 66.5 Å². The molecule has 4 aliphatic heterocycles. The van der Waals surface area contributed by atoms with Crippen molar-refractivity contribution in [2.45, 2.75) is 56.0 Å². The van der Waals surface area contributed by atoms with Gasteiger partial charge in [-0.2, -0.15) is 0 Å². The van der Waals surface area contributed by atoms with Crippen molar-refractivity contribution in [1.82, 2.24) is 33.9 Å². The summed E-state index contributed by atoms with van der Waals surface area (Å²) in [6.07, 6.45) is -3.60. The summed E-state index contributed by atoms with van der Waals surface area (Å²) in [7, 11) is 0. The Hall–Kier alpha value is -4.09. The number of nitrogens with zero attached hydrogens (tertiary/aromatic N) is 8. The van der Waals surface area contributed by atoms with Gasteiger partial charge in [-0.3, -0.25) is 43.0 Å². The molecule has 57 heavy (non-hydrogen) atoms. The molecule has 0 radical (unpaired) electrons. The number of aryl methyl sites for hydroxylation is 1. The summed E-state index contributed by atoms with van der Waals surface area (Å²) < 4.78 is 20.6. The number of hydrogen-bond donors (Lipinski definition) is 5. The summed E-state index contributed by atoms with van der Waals surface area (Å²) in [6.45, 7) is 6.22. The highest BCUT2D eigenvalue weighted by Gasteiger charge is 2.43. The quantitative estimate of drug-likeness (QED) is 0.0758. The lowest BCUT2D eigenvalue weighted by Crippen LogP contribution is -2.57. The number of aromatic hydroxyl groups is 1. The van der Waals surface area contributed by atoms with Gasteiger partial charge in [0.1, 0.15) is 35.5 Å². The van der Waals surface area contributed by atoms with E-state index in [4.69, 9.17) is 19.2 Å². The van der Waals surface area contributed by atoms with Gasteiger partial charge in [-0.25, -0.2) is 0 Å². The van der Waals surface area contributed by atoms with Crippen molar-refractivity contribution in [1.29, 1.82) is 0 Å². The Balaban J connectivity index is 1.13. The Bertz CT molecular complexity index is 2390. The maximum atomic E-state index is 14.4. The van der Waals surface area contributed by atoms with Crippen LogP contribution in [0.1, 0.15) is 5.69 Å². The van der Waals surface area contributed by atoms with Crippen LogP contribution in [0.25, 0.3) is 32.7 Å². The van der Waals surface area contributed by atoms with E-state index < -0.39 is 53.1 Å². The predicted octanol–water partition coefficient (Wildman–Crippen LogP) is -2.75. The summed E-state index contributed by atoms with van der Waals surface area (Å²) in [5.41, 5.74) is -1.38. The molecule has 5 atom stereocenters. The van der Waals surface area contributed by atoms with Crippen molar-refractivity contribution in [2.75, 3.05) is 78.1 Å². The first-order valence-electron chi connectivity index (χ1n) is 19.1.